The van der Waals surface area contributed by atoms with Gasteiger partial charge in [0.25, 0.3) is 5.56 Å². The van der Waals surface area contributed by atoms with Crippen molar-refractivity contribution in [2.45, 2.75) is 38.8 Å². The second-order valence-corrected chi connectivity index (χ2v) is 6.93. The van der Waals surface area contributed by atoms with E-state index in [-0.39, 0.29) is 24.1 Å². The van der Waals surface area contributed by atoms with Crippen LogP contribution >= 0.6 is 0 Å². The van der Waals surface area contributed by atoms with E-state index >= 15 is 0 Å². The molecule has 4 rings (SSSR count). The molecule has 1 aliphatic heterocycles. The zero-order valence-corrected chi connectivity index (χ0v) is 15.4. The molecule has 3 heterocycles. The van der Waals surface area contributed by atoms with Gasteiger partial charge in [-0.25, -0.2) is 9.67 Å². The molecule has 1 aliphatic rings. The number of aryl methyl sites for hydroxylation is 1. The highest BCUT2D eigenvalue weighted by Crippen LogP contribution is 2.23. The van der Waals surface area contributed by atoms with Gasteiger partial charge < -0.3 is 9.47 Å². The van der Waals surface area contributed by atoms with Crippen molar-refractivity contribution in [2.24, 2.45) is 0 Å². The second kappa shape index (κ2) is 7.34. The fourth-order valence-corrected chi connectivity index (χ4v) is 3.83. The Morgan fingerprint density at radius 3 is 3.00 bits per heavy atom. The monoisotopic (exact) mass is 365 g/mol. The molecule has 1 amide bonds. The number of rotatable bonds is 4. The number of carbonyl (C=O) groups is 1. The van der Waals surface area contributed by atoms with Gasteiger partial charge in [0.05, 0.1) is 17.6 Å². The summed E-state index contributed by atoms with van der Waals surface area (Å²) in [5.74, 6) is 0.976. The first-order chi connectivity index (χ1) is 13.2. The number of carbonyl (C=O) groups excluding carboxylic acids is 1. The maximum absolute atomic E-state index is 12.8. The van der Waals surface area contributed by atoms with E-state index in [0.717, 1.165) is 30.5 Å². The number of imidazole rings is 1. The third kappa shape index (κ3) is 3.37. The van der Waals surface area contributed by atoms with Gasteiger partial charge in [0.1, 0.15) is 12.4 Å². The molecule has 0 spiro atoms. The molecule has 3 aromatic rings. The molecule has 0 radical (unpaired) electrons. The van der Waals surface area contributed by atoms with Gasteiger partial charge in [0, 0.05) is 37.3 Å². The Labute approximate surface area is 157 Å². The summed E-state index contributed by atoms with van der Waals surface area (Å²) in [5.41, 5.74) is -0.224. The minimum Gasteiger partial charge on any atom is -0.339 e. The third-order valence-electron chi connectivity index (χ3n) is 5.25. The number of hydrogen-bond acceptors (Lipinski definition) is 4. The van der Waals surface area contributed by atoms with Crippen LogP contribution in [0.25, 0.3) is 10.8 Å². The molecule has 140 valence electrons. The van der Waals surface area contributed by atoms with Crippen molar-refractivity contribution in [2.75, 3.05) is 13.1 Å². The van der Waals surface area contributed by atoms with Crippen LogP contribution < -0.4 is 5.56 Å². The molecule has 1 aromatic carbocycles. The van der Waals surface area contributed by atoms with E-state index in [4.69, 9.17) is 0 Å². The van der Waals surface area contributed by atoms with Crippen molar-refractivity contribution in [3.63, 3.8) is 0 Å². The lowest BCUT2D eigenvalue weighted by molar-refractivity contribution is -0.133. The van der Waals surface area contributed by atoms with Gasteiger partial charge in [-0.15, -0.1) is 0 Å². The van der Waals surface area contributed by atoms with Crippen LogP contribution in [0, 0.1) is 0 Å². The molecule has 0 aliphatic carbocycles. The Morgan fingerprint density at radius 2 is 2.15 bits per heavy atom. The van der Waals surface area contributed by atoms with Crippen molar-refractivity contribution >= 4 is 16.7 Å². The van der Waals surface area contributed by atoms with Gasteiger partial charge in [0.15, 0.2) is 0 Å². The first kappa shape index (κ1) is 17.5. The van der Waals surface area contributed by atoms with E-state index in [2.05, 4.69) is 21.6 Å². The van der Waals surface area contributed by atoms with E-state index < -0.39 is 0 Å². The molecule has 0 saturated carbocycles. The van der Waals surface area contributed by atoms with Gasteiger partial charge in [-0.3, -0.25) is 9.59 Å². The van der Waals surface area contributed by atoms with Gasteiger partial charge >= 0.3 is 0 Å². The summed E-state index contributed by atoms with van der Waals surface area (Å²) in [4.78, 5) is 31.7. The summed E-state index contributed by atoms with van der Waals surface area (Å²) in [7, 11) is 0. The van der Waals surface area contributed by atoms with Crippen LogP contribution in [0.15, 0.2) is 47.7 Å². The van der Waals surface area contributed by atoms with E-state index in [1.165, 1.54) is 4.68 Å². The first-order valence-corrected chi connectivity index (χ1v) is 9.41. The van der Waals surface area contributed by atoms with Crippen molar-refractivity contribution in [1.29, 1.82) is 0 Å². The lowest BCUT2D eigenvalue weighted by Gasteiger charge is -2.34. The van der Waals surface area contributed by atoms with Crippen molar-refractivity contribution in [1.82, 2.24) is 24.2 Å². The predicted octanol–water partition coefficient (Wildman–Crippen LogP) is 2.02. The maximum Gasteiger partial charge on any atom is 0.275 e. The Hall–Kier alpha value is -2.96. The SMILES string of the molecule is CCc1nccn1C1CCCN(C(=O)Cn2ncc3ccccc3c2=O)C1. The van der Waals surface area contributed by atoms with Gasteiger partial charge in [0.2, 0.25) is 5.91 Å². The number of benzene rings is 1. The average Bonchev–Trinajstić information content (AvgIpc) is 3.19. The molecule has 1 saturated heterocycles. The standard InChI is InChI=1S/C20H23N5O2/c1-2-18-21-9-11-24(18)16-7-5-10-23(13-16)19(26)14-25-20(27)17-8-4-3-6-15(17)12-22-25/h3-4,6,8-9,11-12,16H,2,5,7,10,13-14H2,1H3. The summed E-state index contributed by atoms with van der Waals surface area (Å²) in [6.45, 7) is 3.42. The molecule has 7 heteroatoms. The second-order valence-electron chi connectivity index (χ2n) is 6.93. The quantitative estimate of drug-likeness (QED) is 0.709. The summed E-state index contributed by atoms with van der Waals surface area (Å²) in [6, 6.07) is 7.54. The van der Waals surface area contributed by atoms with Crippen LogP contribution in [0.3, 0.4) is 0 Å². The Morgan fingerprint density at radius 1 is 1.30 bits per heavy atom. The fourth-order valence-electron chi connectivity index (χ4n) is 3.83. The summed E-state index contributed by atoms with van der Waals surface area (Å²) in [6.07, 6.45) is 8.29. The number of likely N-dealkylation sites (tertiary alicyclic amines) is 1. The van der Waals surface area contributed by atoms with Crippen molar-refractivity contribution in [3.8, 4) is 0 Å². The third-order valence-corrected chi connectivity index (χ3v) is 5.25. The molecule has 2 aromatic heterocycles. The Bertz CT molecular complexity index is 1020. The van der Waals surface area contributed by atoms with Crippen LogP contribution in [0.1, 0.15) is 31.6 Å². The average molecular weight is 365 g/mol. The number of nitrogens with zero attached hydrogens (tertiary/aromatic N) is 5. The van der Waals surface area contributed by atoms with Crippen LogP contribution in [0.4, 0.5) is 0 Å². The Kier molecular flexibility index (Phi) is 4.75. The molecular formula is C20H23N5O2. The van der Waals surface area contributed by atoms with Crippen LogP contribution in [0.5, 0.6) is 0 Å². The van der Waals surface area contributed by atoms with E-state index in [0.29, 0.717) is 18.5 Å². The van der Waals surface area contributed by atoms with E-state index in [1.807, 2.05) is 35.5 Å². The fraction of sp³-hybridized carbons (Fsp3) is 0.400. The van der Waals surface area contributed by atoms with Crippen molar-refractivity contribution in [3.05, 3.63) is 59.0 Å². The number of hydrogen-bond donors (Lipinski definition) is 0. The first-order valence-electron chi connectivity index (χ1n) is 9.41. The molecule has 0 N–H and O–H groups in total. The summed E-state index contributed by atoms with van der Waals surface area (Å²) < 4.78 is 3.45. The molecule has 7 nitrogen and oxygen atoms in total. The molecule has 27 heavy (non-hydrogen) atoms. The van der Waals surface area contributed by atoms with E-state index in [1.54, 1.807) is 12.3 Å². The maximum atomic E-state index is 12.8. The van der Waals surface area contributed by atoms with Gasteiger partial charge in [-0.05, 0) is 18.9 Å². The normalized spacial score (nSPS) is 17.4. The van der Waals surface area contributed by atoms with E-state index in [9.17, 15) is 9.59 Å². The zero-order chi connectivity index (χ0) is 18.8. The topological polar surface area (TPSA) is 73.0 Å². The number of piperidine rings is 1. The highest BCUT2D eigenvalue weighted by molar-refractivity contribution is 5.81. The lowest BCUT2D eigenvalue weighted by Crippen LogP contribution is -2.43. The Balaban J connectivity index is 1.51. The smallest absolute Gasteiger partial charge is 0.275 e. The largest absolute Gasteiger partial charge is 0.339 e. The summed E-state index contributed by atoms with van der Waals surface area (Å²) >= 11 is 0. The molecule has 1 unspecified atom stereocenters. The lowest BCUT2D eigenvalue weighted by atomic mass is 10.1. The minimum atomic E-state index is -0.224. The van der Waals surface area contributed by atoms with Gasteiger partial charge in [-0.2, -0.15) is 5.10 Å². The zero-order valence-electron chi connectivity index (χ0n) is 15.4. The van der Waals surface area contributed by atoms with Crippen LogP contribution in [-0.2, 0) is 17.8 Å². The molecule has 1 fully saturated rings. The highest BCUT2D eigenvalue weighted by atomic mass is 16.2. The number of aromatic nitrogens is 4. The molecule has 1 atom stereocenters. The van der Waals surface area contributed by atoms with Crippen LogP contribution in [-0.4, -0.2) is 43.2 Å². The van der Waals surface area contributed by atoms with Crippen LogP contribution in [0.2, 0.25) is 0 Å². The van der Waals surface area contributed by atoms with Crippen molar-refractivity contribution < 1.29 is 4.79 Å². The predicted molar refractivity (Wildman–Crippen MR) is 102 cm³/mol. The molecular weight excluding hydrogens is 342 g/mol. The summed E-state index contributed by atoms with van der Waals surface area (Å²) in [5, 5.41) is 5.55. The number of fused-ring (bicyclic) bond motifs is 1. The highest BCUT2D eigenvalue weighted by Gasteiger charge is 2.26. The molecule has 0 bridgehead atoms. The van der Waals surface area contributed by atoms with Gasteiger partial charge in [-0.1, -0.05) is 25.1 Å². The minimum absolute atomic E-state index is 0.0268. The number of amides is 1.